The highest BCUT2D eigenvalue weighted by Crippen LogP contribution is 2.38. The van der Waals surface area contributed by atoms with E-state index in [9.17, 15) is 14.4 Å². The van der Waals surface area contributed by atoms with E-state index in [0.29, 0.717) is 32.4 Å². The first kappa shape index (κ1) is 14.4. The fraction of sp³-hybridized carbons (Fsp3) is 0.118. The summed E-state index contributed by atoms with van der Waals surface area (Å²) in [6.45, 7) is 2.91. The molecule has 0 radical (unpaired) electrons. The summed E-state index contributed by atoms with van der Waals surface area (Å²) in [5.74, 6) is -0.308. The molecule has 5 aromatic rings. The van der Waals surface area contributed by atoms with Gasteiger partial charge in [-0.3, -0.25) is 19.0 Å². The van der Waals surface area contributed by atoms with Crippen molar-refractivity contribution in [3.63, 3.8) is 0 Å². The van der Waals surface area contributed by atoms with Crippen molar-refractivity contribution in [2.24, 2.45) is 0 Å². The van der Waals surface area contributed by atoms with Gasteiger partial charge < -0.3 is 0 Å². The highest BCUT2D eigenvalue weighted by Gasteiger charge is 2.23. The van der Waals surface area contributed by atoms with Crippen molar-refractivity contribution < 1.29 is 9.59 Å². The van der Waals surface area contributed by atoms with Crippen LogP contribution in [0.2, 0.25) is 5.02 Å². The summed E-state index contributed by atoms with van der Waals surface area (Å²) in [6, 6.07) is 6.99. The van der Waals surface area contributed by atoms with Crippen LogP contribution >= 0.6 is 22.9 Å². The summed E-state index contributed by atoms with van der Waals surface area (Å²) in [5.41, 5.74) is 1.53. The summed E-state index contributed by atoms with van der Waals surface area (Å²) < 4.78 is 3.18. The number of carbonyl (C=O) groups is 2. The largest absolute Gasteiger partial charge is 0.295 e. The molecule has 0 unspecified atom stereocenters. The van der Waals surface area contributed by atoms with Crippen LogP contribution in [0.4, 0.5) is 0 Å². The van der Waals surface area contributed by atoms with Gasteiger partial charge >= 0.3 is 0 Å². The number of hydrogen-bond donors (Lipinski definition) is 0. The van der Waals surface area contributed by atoms with Crippen LogP contribution in [0.25, 0.3) is 31.2 Å². The molecule has 4 aromatic carbocycles. The Morgan fingerprint density at radius 2 is 1.87 bits per heavy atom. The van der Waals surface area contributed by atoms with Crippen LogP contribution in [0, 0.1) is 0 Å². The number of hydrogen-bond acceptors (Lipinski definition) is 4. The van der Waals surface area contributed by atoms with Gasteiger partial charge in [-0.25, -0.2) is 0 Å². The van der Waals surface area contributed by atoms with Crippen molar-refractivity contribution in [1.82, 2.24) is 4.57 Å². The van der Waals surface area contributed by atoms with E-state index in [1.165, 1.54) is 29.8 Å². The molecule has 0 amide bonds. The van der Waals surface area contributed by atoms with E-state index in [4.69, 9.17) is 11.6 Å². The first-order chi connectivity index (χ1) is 10.9. The number of nitrogens with zero attached hydrogens (tertiary/aromatic N) is 1. The standard InChI is InChI=1S/C17H10ClNO3S/c1-7(20)9-3-4-12-11(5-9)19(8(2)21)16-13(23-12)6-10-15(18)14(16)17(10)22/h3-6H,1-2H3. The van der Waals surface area contributed by atoms with Gasteiger partial charge in [-0.05, 0) is 31.2 Å². The van der Waals surface area contributed by atoms with Crippen LogP contribution in [-0.2, 0) is 0 Å². The maximum absolute atomic E-state index is 12.3. The van der Waals surface area contributed by atoms with Crippen LogP contribution in [0.5, 0.6) is 0 Å². The average Bonchev–Trinajstić information content (AvgIpc) is 2.51. The van der Waals surface area contributed by atoms with Crippen molar-refractivity contribution in [1.29, 1.82) is 0 Å². The fourth-order valence-electron chi connectivity index (χ4n) is 2.93. The predicted molar refractivity (Wildman–Crippen MR) is 93.6 cm³/mol. The zero-order valence-corrected chi connectivity index (χ0v) is 13.8. The van der Waals surface area contributed by atoms with Gasteiger partial charge in [-0.1, -0.05) is 11.6 Å². The molecule has 0 spiro atoms. The topological polar surface area (TPSA) is 56.1 Å². The molecule has 0 N–H and O–H groups in total. The average molecular weight is 344 g/mol. The number of benzene rings is 3. The van der Waals surface area contributed by atoms with Crippen LogP contribution in [-0.4, -0.2) is 16.3 Å². The molecule has 0 saturated carbocycles. The zero-order chi connectivity index (χ0) is 16.5. The van der Waals surface area contributed by atoms with Crippen molar-refractivity contribution in [2.75, 3.05) is 0 Å². The number of Topliss-reactive ketones (excluding diaryl/α,β-unsaturated/α-hetero) is 1. The van der Waals surface area contributed by atoms with E-state index in [0.717, 1.165) is 9.40 Å². The summed E-state index contributed by atoms with van der Waals surface area (Å²) >= 11 is 7.64. The van der Waals surface area contributed by atoms with Gasteiger partial charge in [0, 0.05) is 17.9 Å². The van der Waals surface area contributed by atoms with Gasteiger partial charge in [0.1, 0.15) is 0 Å². The minimum atomic E-state index is -0.228. The third-order valence-corrected chi connectivity index (χ3v) is 5.53. The lowest BCUT2D eigenvalue weighted by atomic mass is 10.0. The number of halogens is 1. The Labute approximate surface area is 139 Å². The van der Waals surface area contributed by atoms with Crippen LogP contribution in [0.15, 0.2) is 29.1 Å². The van der Waals surface area contributed by atoms with Crippen molar-refractivity contribution in [2.45, 2.75) is 13.8 Å². The molecular formula is C17H10ClNO3S. The van der Waals surface area contributed by atoms with Crippen LogP contribution in [0.3, 0.4) is 0 Å². The Morgan fingerprint density at radius 3 is 2.48 bits per heavy atom. The van der Waals surface area contributed by atoms with Gasteiger partial charge in [0.2, 0.25) is 5.91 Å². The van der Waals surface area contributed by atoms with Crippen LogP contribution in [0.1, 0.15) is 29.0 Å². The SMILES string of the molecule is CC(=O)c1ccc2sc3cc4c(Cl)c(c4=O)c3n(C(C)=O)c2c1. The molecule has 0 fully saturated rings. The summed E-state index contributed by atoms with van der Waals surface area (Å²) in [7, 11) is 0. The molecule has 0 aliphatic carbocycles. The van der Waals surface area contributed by atoms with E-state index >= 15 is 0 Å². The molecule has 4 nitrogen and oxygen atoms in total. The van der Waals surface area contributed by atoms with Crippen molar-refractivity contribution in [3.8, 4) is 0 Å². The van der Waals surface area contributed by atoms with E-state index in [1.807, 2.05) is 6.07 Å². The molecule has 114 valence electrons. The van der Waals surface area contributed by atoms with E-state index < -0.39 is 0 Å². The Hall–Kier alpha value is -2.24. The van der Waals surface area contributed by atoms with Crippen molar-refractivity contribution in [3.05, 3.63) is 45.1 Å². The van der Waals surface area contributed by atoms with Gasteiger partial charge in [-0.15, -0.1) is 11.3 Å². The minimum absolute atomic E-state index is 0.0797. The smallest absolute Gasteiger partial charge is 0.228 e. The Balaban J connectivity index is 2.29. The second kappa shape index (κ2) is 4.63. The highest BCUT2D eigenvalue weighted by atomic mass is 35.5. The van der Waals surface area contributed by atoms with E-state index in [2.05, 4.69) is 0 Å². The fourth-order valence-corrected chi connectivity index (χ4v) is 4.34. The Morgan fingerprint density at radius 1 is 1.13 bits per heavy atom. The first-order valence-corrected chi connectivity index (χ1v) is 8.14. The number of ketones is 1. The third kappa shape index (κ3) is 1.81. The normalized spacial score (nSPS) is 11.8. The number of aromatic nitrogens is 1. The second-order valence-corrected chi connectivity index (χ2v) is 6.95. The molecule has 0 aliphatic heterocycles. The lowest BCUT2D eigenvalue weighted by Gasteiger charge is -2.17. The molecule has 0 aliphatic rings. The predicted octanol–water partition coefficient (Wildman–Crippen LogP) is 4.32. The van der Waals surface area contributed by atoms with Gasteiger partial charge in [0.15, 0.2) is 11.2 Å². The lowest BCUT2D eigenvalue weighted by Crippen LogP contribution is -2.16. The molecule has 1 aromatic heterocycles. The molecule has 0 saturated heterocycles. The number of fused-ring (bicyclic) bond motifs is 1. The number of rotatable bonds is 1. The maximum atomic E-state index is 12.3. The molecule has 0 atom stereocenters. The highest BCUT2D eigenvalue weighted by molar-refractivity contribution is 7.24. The summed E-state index contributed by atoms with van der Waals surface area (Å²) in [4.78, 5) is 36.0. The quantitative estimate of drug-likeness (QED) is 0.382. The lowest BCUT2D eigenvalue weighted by molar-refractivity contribution is 0.0944. The van der Waals surface area contributed by atoms with Crippen molar-refractivity contribution >= 4 is 65.8 Å². The molecule has 2 bridgehead atoms. The monoisotopic (exact) mass is 343 g/mol. The van der Waals surface area contributed by atoms with E-state index in [1.54, 1.807) is 18.2 Å². The molecule has 23 heavy (non-hydrogen) atoms. The maximum Gasteiger partial charge on any atom is 0.228 e. The van der Waals surface area contributed by atoms with Crippen LogP contribution < -0.4 is 5.43 Å². The molecule has 1 heterocycles. The summed E-state index contributed by atoms with van der Waals surface area (Å²) in [5, 5.41) is 1.30. The Bertz CT molecular complexity index is 1200. The first-order valence-electron chi connectivity index (χ1n) is 6.95. The minimum Gasteiger partial charge on any atom is -0.295 e. The van der Waals surface area contributed by atoms with Gasteiger partial charge in [0.05, 0.1) is 30.8 Å². The second-order valence-electron chi connectivity index (χ2n) is 5.48. The molecule has 5 rings (SSSR count). The van der Waals surface area contributed by atoms with Gasteiger partial charge in [0.25, 0.3) is 0 Å². The Kier molecular flexibility index (Phi) is 2.89. The van der Waals surface area contributed by atoms with E-state index in [-0.39, 0.29) is 17.1 Å². The zero-order valence-electron chi connectivity index (χ0n) is 12.3. The van der Waals surface area contributed by atoms with Gasteiger partial charge in [-0.2, -0.15) is 0 Å². The third-order valence-electron chi connectivity index (χ3n) is 4.04. The molecule has 6 heteroatoms. The number of carbonyl (C=O) groups excluding carboxylic acids is 2. The molecular weight excluding hydrogens is 334 g/mol. The summed E-state index contributed by atoms with van der Waals surface area (Å²) in [6.07, 6.45) is 0.